The van der Waals surface area contributed by atoms with Crippen molar-refractivity contribution in [2.45, 2.75) is 13.0 Å². The lowest BCUT2D eigenvalue weighted by atomic mass is 10.3. The Morgan fingerprint density at radius 3 is 2.61 bits per heavy atom. The molecule has 0 amide bonds. The summed E-state index contributed by atoms with van der Waals surface area (Å²) in [5, 5.41) is 0. The molecule has 0 aliphatic heterocycles. The fraction of sp³-hybridized carbons (Fsp3) is 0.545. The first-order valence-electron chi connectivity index (χ1n) is 5.61. The summed E-state index contributed by atoms with van der Waals surface area (Å²) in [5.41, 5.74) is 0.856. The van der Waals surface area contributed by atoms with E-state index < -0.39 is 10.2 Å². The predicted molar refractivity (Wildman–Crippen MR) is 72.6 cm³/mol. The van der Waals surface area contributed by atoms with E-state index >= 15 is 0 Å². The number of hydrogen-bond donors (Lipinski definition) is 0. The van der Waals surface area contributed by atoms with Gasteiger partial charge in [-0.2, -0.15) is 17.0 Å². The Morgan fingerprint density at radius 2 is 2.06 bits per heavy atom. The molecular formula is C11H18ClN3O2S. The fourth-order valence-corrected chi connectivity index (χ4v) is 2.73. The van der Waals surface area contributed by atoms with Gasteiger partial charge in [-0.3, -0.25) is 4.98 Å². The average Bonchev–Trinajstić information content (AvgIpc) is 2.36. The molecule has 0 spiro atoms. The van der Waals surface area contributed by atoms with Crippen LogP contribution in [-0.4, -0.2) is 48.5 Å². The van der Waals surface area contributed by atoms with E-state index in [-0.39, 0.29) is 0 Å². The Labute approximate surface area is 114 Å². The average molecular weight is 292 g/mol. The Bertz CT molecular complexity index is 453. The molecule has 0 aromatic carbocycles. The van der Waals surface area contributed by atoms with Gasteiger partial charge in [-0.25, -0.2) is 0 Å². The van der Waals surface area contributed by atoms with Gasteiger partial charge in [0.25, 0.3) is 10.2 Å². The molecule has 102 valence electrons. The molecule has 1 rings (SSSR count). The quantitative estimate of drug-likeness (QED) is 0.712. The maximum Gasteiger partial charge on any atom is 0.281 e. The molecule has 0 N–H and O–H groups in total. The molecule has 1 aromatic heterocycles. The molecule has 0 unspecified atom stereocenters. The second kappa shape index (κ2) is 7.04. The van der Waals surface area contributed by atoms with Crippen LogP contribution in [0, 0.1) is 0 Å². The van der Waals surface area contributed by atoms with Gasteiger partial charge in [0.05, 0.1) is 0 Å². The molecule has 0 saturated heterocycles. The third kappa shape index (κ3) is 4.20. The van der Waals surface area contributed by atoms with Gasteiger partial charge in [0.2, 0.25) is 0 Å². The molecule has 0 atom stereocenters. The number of nitrogens with zero attached hydrogens (tertiary/aromatic N) is 3. The monoisotopic (exact) mass is 291 g/mol. The van der Waals surface area contributed by atoms with Crippen LogP contribution in [0.1, 0.15) is 12.0 Å². The molecule has 0 bridgehead atoms. The minimum Gasteiger partial charge on any atom is -0.264 e. The molecule has 0 radical (unpaired) electrons. The van der Waals surface area contributed by atoms with Crippen molar-refractivity contribution < 1.29 is 8.42 Å². The first-order chi connectivity index (χ1) is 8.48. The van der Waals surface area contributed by atoms with E-state index in [1.54, 1.807) is 32.6 Å². The van der Waals surface area contributed by atoms with Gasteiger partial charge in [0.1, 0.15) is 0 Å². The third-order valence-corrected chi connectivity index (χ3v) is 4.68. The fourth-order valence-electron chi connectivity index (χ4n) is 1.47. The van der Waals surface area contributed by atoms with Crippen molar-refractivity contribution in [2.24, 2.45) is 0 Å². The first-order valence-corrected chi connectivity index (χ1v) is 7.54. The zero-order chi connectivity index (χ0) is 13.6. The second-order valence-electron chi connectivity index (χ2n) is 3.99. The summed E-state index contributed by atoms with van der Waals surface area (Å²) in [7, 11) is -0.317. The topological polar surface area (TPSA) is 53.5 Å². The Kier molecular flexibility index (Phi) is 6.01. The SMILES string of the molecule is CN(CCCCl)S(=O)(=O)N(C)Cc1cccnc1. The van der Waals surface area contributed by atoms with E-state index in [0.29, 0.717) is 25.4 Å². The highest BCUT2D eigenvalue weighted by Crippen LogP contribution is 2.09. The number of alkyl halides is 1. The molecule has 5 nitrogen and oxygen atoms in total. The molecule has 0 fully saturated rings. The highest BCUT2D eigenvalue weighted by molar-refractivity contribution is 7.86. The van der Waals surface area contributed by atoms with Gasteiger partial charge < -0.3 is 0 Å². The molecule has 1 aromatic rings. The van der Waals surface area contributed by atoms with Gasteiger partial charge in [-0.1, -0.05) is 6.07 Å². The molecule has 0 aliphatic carbocycles. The van der Waals surface area contributed by atoms with Crippen LogP contribution in [0.25, 0.3) is 0 Å². The van der Waals surface area contributed by atoms with Crippen molar-refractivity contribution in [2.75, 3.05) is 26.5 Å². The smallest absolute Gasteiger partial charge is 0.264 e. The van der Waals surface area contributed by atoms with Crippen LogP contribution in [0.4, 0.5) is 0 Å². The molecule has 0 aliphatic rings. The number of rotatable bonds is 7. The summed E-state index contributed by atoms with van der Waals surface area (Å²) < 4.78 is 26.9. The second-order valence-corrected chi connectivity index (χ2v) is 6.51. The van der Waals surface area contributed by atoms with E-state index in [1.807, 2.05) is 6.07 Å². The van der Waals surface area contributed by atoms with Crippen molar-refractivity contribution in [3.63, 3.8) is 0 Å². The number of aromatic nitrogens is 1. The van der Waals surface area contributed by atoms with Crippen LogP contribution in [-0.2, 0) is 16.8 Å². The van der Waals surface area contributed by atoms with Crippen LogP contribution in [0.15, 0.2) is 24.5 Å². The zero-order valence-corrected chi connectivity index (χ0v) is 12.2. The third-order valence-electron chi connectivity index (χ3n) is 2.52. The molecule has 0 saturated carbocycles. The van der Waals surface area contributed by atoms with Crippen molar-refractivity contribution in [3.05, 3.63) is 30.1 Å². The summed E-state index contributed by atoms with van der Waals surface area (Å²) in [6, 6.07) is 3.63. The summed E-state index contributed by atoms with van der Waals surface area (Å²) in [6.07, 6.45) is 3.95. The Hall–Kier alpha value is -0.690. The van der Waals surface area contributed by atoms with Gasteiger partial charge in [-0.15, -0.1) is 11.6 Å². The van der Waals surface area contributed by atoms with E-state index in [1.165, 1.54) is 8.61 Å². The minimum absolute atomic E-state index is 0.307. The van der Waals surface area contributed by atoms with E-state index in [0.717, 1.165) is 5.56 Å². The maximum atomic E-state index is 12.1. The van der Waals surface area contributed by atoms with Crippen molar-refractivity contribution in [3.8, 4) is 0 Å². The van der Waals surface area contributed by atoms with Crippen LogP contribution in [0.3, 0.4) is 0 Å². The first kappa shape index (κ1) is 15.4. The predicted octanol–water partition coefficient (Wildman–Crippen LogP) is 1.32. The van der Waals surface area contributed by atoms with Crippen LogP contribution < -0.4 is 0 Å². The number of hydrogen-bond acceptors (Lipinski definition) is 3. The van der Waals surface area contributed by atoms with Crippen LogP contribution in [0.2, 0.25) is 0 Å². The molecule has 1 heterocycles. The highest BCUT2D eigenvalue weighted by Gasteiger charge is 2.23. The van der Waals surface area contributed by atoms with Crippen molar-refractivity contribution in [1.29, 1.82) is 0 Å². The highest BCUT2D eigenvalue weighted by atomic mass is 35.5. The lowest BCUT2D eigenvalue weighted by Crippen LogP contribution is -2.39. The van der Waals surface area contributed by atoms with Gasteiger partial charge >= 0.3 is 0 Å². The summed E-state index contributed by atoms with van der Waals surface area (Å²) >= 11 is 5.56. The lowest BCUT2D eigenvalue weighted by Gasteiger charge is -2.24. The summed E-state index contributed by atoms with van der Waals surface area (Å²) in [4.78, 5) is 3.96. The lowest BCUT2D eigenvalue weighted by molar-refractivity contribution is 0.389. The normalized spacial score (nSPS) is 12.3. The van der Waals surface area contributed by atoms with E-state index in [9.17, 15) is 8.42 Å². The minimum atomic E-state index is -3.43. The molecule has 7 heteroatoms. The largest absolute Gasteiger partial charge is 0.281 e. The summed E-state index contributed by atoms with van der Waals surface area (Å²) in [5.74, 6) is 0.451. The van der Waals surface area contributed by atoms with Crippen molar-refractivity contribution >= 4 is 21.8 Å². The standard InChI is InChI=1S/C11H18ClN3O2S/c1-14(8-4-6-12)18(16,17)15(2)10-11-5-3-7-13-9-11/h3,5,7,9H,4,6,8,10H2,1-2H3. The number of pyridine rings is 1. The molecular weight excluding hydrogens is 274 g/mol. The van der Waals surface area contributed by atoms with Crippen LogP contribution >= 0.6 is 11.6 Å². The van der Waals surface area contributed by atoms with Gasteiger partial charge in [0, 0.05) is 45.5 Å². The Morgan fingerprint density at radius 1 is 1.33 bits per heavy atom. The Balaban J connectivity index is 2.67. The van der Waals surface area contributed by atoms with Gasteiger partial charge in [-0.05, 0) is 18.1 Å². The van der Waals surface area contributed by atoms with E-state index in [4.69, 9.17) is 11.6 Å². The summed E-state index contributed by atoms with van der Waals surface area (Å²) in [6.45, 7) is 0.727. The van der Waals surface area contributed by atoms with Crippen LogP contribution in [0.5, 0.6) is 0 Å². The van der Waals surface area contributed by atoms with Gasteiger partial charge in [0.15, 0.2) is 0 Å². The maximum absolute atomic E-state index is 12.1. The van der Waals surface area contributed by atoms with E-state index in [2.05, 4.69) is 4.98 Å². The molecule has 18 heavy (non-hydrogen) atoms. The number of halogens is 1. The zero-order valence-electron chi connectivity index (χ0n) is 10.6. The van der Waals surface area contributed by atoms with Crippen molar-refractivity contribution in [1.82, 2.24) is 13.6 Å².